The highest BCUT2D eigenvalue weighted by atomic mass is 14.9. The Labute approximate surface area is 280 Å². The maximum Gasteiger partial charge on any atom is 0.149 e. The van der Waals surface area contributed by atoms with Crippen LogP contribution in [0.25, 0.3) is 44.4 Å². The molecule has 0 unspecified atom stereocenters. The molecule has 0 saturated carbocycles. The van der Waals surface area contributed by atoms with Crippen LogP contribution in [0.15, 0.2) is 176 Å². The number of nitrogens with zero attached hydrogens (tertiary/aromatic N) is 2. The van der Waals surface area contributed by atoms with E-state index < -0.39 is 5.41 Å². The van der Waals surface area contributed by atoms with Gasteiger partial charge in [0, 0.05) is 16.9 Å². The Kier molecular flexibility index (Phi) is 5.89. The van der Waals surface area contributed by atoms with Crippen molar-refractivity contribution in [3.63, 3.8) is 0 Å². The van der Waals surface area contributed by atoms with Gasteiger partial charge in [-0.25, -0.2) is 9.97 Å². The molecule has 0 fully saturated rings. The summed E-state index contributed by atoms with van der Waals surface area (Å²) in [6.07, 6.45) is 0. The van der Waals surface area contributed by atoms with Crippen LogP contribution in [-0.2, 0) is 5.41 Å². The van der Waals surface area contributed by atoms with Gasteiger partial charge in [0.2, 0.25) is 0 Å². The second-order valence-electron chi connectivity index (χ2n) is 12.9. The van der Waals surface area contributed by atoms with Crippen molar-refractivity contribution >= 4 is 10.9 Å². The van der Waals surface area contributed by atoms with E-state index in [0.717, 1.165) is 33.5 Å². The lowest BCUT2D eigenvalue weighted by Crippen LogP contribution is -2.44. The van der Waals surface area contributed by atoms with Crippen molar-refractivity contribution in [2.45, 2.75) is 11.3 Å². The summed E-state index contributed by atoms with van der Waals surface area (Å²) in [7, 11) is 0. The molecular weight excluding hydrogens is 581 g/mol. The van der Waals surface area contributed by atoms with Crippen molar-refractivity contribution < 1.29 is 0 Å². The first-order valence-electron chi connectivity index (χ1n) is 16.6. The van der Waals surface area contributed by atoms with Crippen molar-refractivity contribution in [2.75, 3.05) is 0 Å². The Morgan fingerprint density at radius 2 is 0.854 bits per heavy atom. The Hall–Kier alpha value is -6.12. The van der Waals surface area contributed by atoms with E-state index in [4.69, 9.17) is 9.97 Å². The normalized spacial score (nSPS) is 17.0. The zero-order valence-corrected chi connectivity index (χ0v) is 26.2. The van der Waals surface area contributed by atoms with Crippen molar-refractivity contribution in [1.82, 2.24) is 9.97 Å². The topological polar surface area (TPSA) is 25.8 Å². The molecule has 0 atom stereocenters. The molecular formula is C46H30N2. The molecule has 3 aliphatic rings. The molecule has 2 nitrogen and oxygen atoms in total. The zero-order valence-electron chi connectivity index (χ0n) is 26.2. The summed E-state index contributed by atoms with van der Waals surface area (Å²) < 4.78 is 0. The average Bonchev–Trinajstić information content (AvgIpc) is 3.17. The highest BCUT2D eigenvalue weighted by Gasteiger charge is 2.54. The molecule has 0 aliphatic heterocycles. The van der Waals surface area contributed by atoms with Crippen LogP contribution in [0.2, 0.25) is 0 Å². The van der Waals surface area contributed by atoms with Crippen LogP contribution in [-0.4, -0.2) is 9.97 Å². The predicted molar refractivity (Wildman–Crippen MR) is 195 cm³/mol. The minimum atomic E-state index is -0.637. The summed E-state index contributed by atoms with van der Waals surface area (Å²) in [6, 6.07) is 63.5. The maximum atomic E-state index is 5.64. The molecule has 0 radical (unpaired) electrons. The van der Waals surface area contributed by atoms with Gasteiger partial charge in [0.15, 0.2) is 0 Å². The van der Waals surface area contributed by atoms with Gasteiger partial charge in [-0.1, -0.05) is 164 Å². The fraction of sp³-hybridized carbons (Fsp3) is 0.0435. The number of benzene rings is 7. The molecule has 1 heterocycles. The SMILES string of the molecule is c1ccc(-c2ccc(-c3cccc(-c4nc(C56c7ccccc7C(c7ccccc75)c5ccccc56)nc5ccccc45)c3)cc2)cc1. The third kappa shape index (κ3) is 3.80. The maximum absolute atomic E-state index is 5.64. The lowest BCUT2D eigenvalue weighted by Gasteiger charge is -2.49. The lowest BCUT2D eigenvalue weighted by atomic mass is 9.52. The first-order chi connectivity index (χ1) is 23.8. The Balaban J connectivity index is 1.20. The van der Waals surface area contributed by atoms with Crippen molar-refractivity contribution in [1.29, 1.82) is 0 Å². The van der Waals surface area contributed by atoms with Crippen LogP contribution in [0.4, 0.5) is 0 Å². The first kappa shape index (κ1) is 27.0. The number of para-hydroxylation sites is 1. The molecule has 0 saturated heterocycles. The van der Waals surface area contributed by atoms with Crippen LogP contribution in [0, 0.1) is 0 Å². The van der Waals surface area contributed by atoms with E-state index in [9.17, 15) is 0 Å². The molecule has 0 N–H and O–H groups in total. The molecule has 2 bridgehead atoms. The quantitative estimate of drug-likeness (QED) is 0.198. The number of aromatic nitrogens is 2. The van der Waals surface area contributed by atoms with Gasteiger partial charge in [0.05, 0.1) is 11.2 Å². The number of hydrogen-bond donors (Lipinski definition) is 0. The lowest BCUT2D eigenvalue weighted by molar-refractivity contribution is 0.597. The largest absolute Gasteiger partial charge is 0.231 e. The Bertz CT molecular complexity index is 2400. The summed E-state index contributed by atoms with van der Waals surface area (Å²) in [5, 5.41) is 1.05. The standard InChI is InChI=1S/C46H30N2/c1-2-13-30(14-3-1)31-25-27-32(28-26-31)33-15-12-16-34(29-33)44-38-20-7-11-24-42(38)47-45(48-44)46-39-21-8-4-17-35(39)43(36-18-5-9-22-40(36)46)37-19-6-10-23-41(37)46/h1-29,43H. The predicted octanol–water partition coefficient (Wildman–Crippen LogP) is 10.8. The smallest absolute Gasteiger partial charge is 0.149 e. The van der Waals surface area contributed by atoms with Gasteiger partial charge in [-0.15, -0.1) is 0 Å². The van der Waals surface area contributed by atoms with Gasteiger partial charge in [-0.05, 0) is 67.8 Å². The number of hydrogen-bond acceptors (Lipinski definition) is 2. The van der Waals surface area contributed by atoms with E-state index in [1.165, 1.54) is 50.1 Å². The van der Waals surface area contributed by atoms with E-state index >= 15 is 0 Å². The highest BCUT2D eigenvalue weighted by Crippen LogP contribution is 2.61. The second kappa shape index (κ2) is 10.4. The third-order valence-corrected chi connectivity index (χ3v) is 10.4. The third-order valence-electron chi connectivity index (χ3n) is 10.4. The van der Waals surface area contributed by atoms with Gasteiger partial charge >= 0.3 is 0 Å². The molecule has 11 rings (SSSR count). The number of rotatable bonds is 4. The summed E-state index contributed by atoms with van der Waals surface area (Å²) in [4.78, 5) is 11.1. The minimum absolute atomic E-state index is 0.195. The van der Waals surface area contributed by atoms with Crippen LogP contribution < -0.4 is 0 Å². The van der Waals surface area contributed by atoms with Gasteiger partial charge in [-0.2, -0.15) is 0 Å². The molecule has 0 spiro atoms. The van der Waals surface area contributed by atoms with Crippen LogP contribution in [0.1, 0.15) is 45.1 Å². The highest BCUT2D eigenvalue weighted by molar-refractivity contribution is 5.94. The molecule has 2 heteroatoms. The van der Waals surface area contributed by atoms with Crippen LogP contribution >= 0.6 is 0 Å². The van der Waals surface area contributed by atoms with Gasteiger partial charge in [0.1, 0.15) is 11.2 Å². The summed E-state index contributed by atoms with van der Waals surface area (Å²) >= 11 is 0. The fourth-order valence-corrected chi connectivity index (χ4v) is 8.37. The second-order valence-corrected chi connectivity index (χ2v) is 12.9. The minimum Gasteiger partial charge on any atom is -0.231 e. The number of fused-ring (bicyclic) bond motifs is 1. The van der Waals surface area contributed by atoms with E-state index in [-0.39, 0.29) is 5.92 Å². The molecule has 8 aromatic rings. The van der Waals surface area contributed by atoms with Gasteiger partial charge < -0.3 is 0 Å². The fourth-order valence-electron chi connectivity index (χ4n) is 8.37. The first-order valence-corrected chi connectivity index (χ1v) is 16.6. The molecule has 48 heavy (non-hydrogen) atoms. The van der Waals surface area contributed by atoms with E-state index in [0.29, 0.717) is 0 Å². The van der Waals surface area contributed by atoms with Crippen LogP contribution in [0.5, 0.6) is 0 Å². The molecule has 1 aromatic heterocycles. The van der Waals surface area contributed by atoms with E-state index in [1.54, 1.807) is 0 Å². The molecule has 224 valence electrons. The van der Waals surface area contributed by atoms with Crippen molar-refractivity contribution in [2.24, 2.45) is 0 Å². The summed E-state index contributed by atoms with van der Waals surface area (Å²) in [5.74, 6) is 1.01. The van der Waals surface area contributed by atoms with E-state index in [2.05, 4.69) is 176 Å². The zero-order chi connectivity index (χ0) is 31.7. The average molecular weight is 611 g/mol. The summed E-state index contributed by atoms with van der Waals surface area (Å²) in [6.45, 7) is 0. The molecule has 7 aromatic carbocycles. The van der Waals surface area contributed by atoms with E-state index in [1.807, 2.05) is 0 Å². The van der Waals surface area contributed by atoms with Crippen LogP contribution in [0.3, 0.4) is 0 Å². The van der Waals surface area contributed by atoms with Crippen molar-refractivity contribution in [3.05, 3.63) is 215 Å². The Morgan fingerprint density at radius 3 is 1.50 bits per heavy atom. The Morgan fingerprint density at radius 1 is 0.375 bits per heavy atom. The summed E-state index contributed by atoms with van der Waals surface area (Å²) in [5.41, 5.74) is 15.0. The van der Waals surface area contributed by atoms with Crippen molar-refractivity contribution in [3.8, 4) is 33.5 Å². The molecule has 0 amide bonds. The van der Waals surface area contributed by atoms with Gasteiger partial charge in [0.25, 0.3) is 0 Å². The van der Waals surface area contributed by atoms with Gasteiger partial charge in [-0.3, -0.25) is 0 Å². The molecule has 3 aliphatic carbocycles. The monoisotopic (exact) mass is 610 g/mol.